The third kappa shape index (κ3) is 4.48. The van der Waals surface area contributed by atoms with Crippen molar-refractivity contribution < 1.29 is 22.6 Å². The van der Waals surface area contributed by atoms with Crippen LogP contribution in [0.4, 0.5) is 13.2 Å². The summed E-state index contributed by atoms with van der Waals surface area (Å²) < 4.78 is 51.4. The number of ether oxygens (including phenoxy) is 2. The number of hydrogen-bond donors (Lipinski definition) is 0. The lowest BCUT2D eigenvalue weighted by Gasteiger charge is -2.11. The van der Waals surface area contributed by atoms with Gasteiger partial charge in [-0.25, -0.2) is 4.98 Å². The first-order chi connectivity index (χ1) is 12.8. The lowest BCUT2D eigenvalue weighted by atomic mass is 10.2. The van der Waals surface area contributed by atoms with Gasteiger partial charge in [-0.05, 0) is 36.4 Å². The summed E-state index contributed by atoms with van der Waals surface area (Å²) in [6.45, 7) is 0.827. The molecule has 0 fully saturated rings. The molecule has 0 atom stereocenters. The Labute approximate surface area is 163 Å². The molecule has 0 saturated heterocycles. The van der Waals surface area contributed by atoms with Crippen LogP contribution in [-0.4, -0.2) is 23.3 Å². The van der Waals surface area contributed by atoms with E-state index in [4.69, 9.17) is 32.7 Å². The van der Waals surface area contributed by atoms with Gasteiger partial charge in [0.2, 0.25) is 0 Å². The first-order valence-electron chi connectivity index (χ1n) is 7.92. The molecule has 0 radical (unpaired) electrons. The molecule has 144 valence electrons. The first-order valence-corrected chi connectivity index (χ1v) is 8.68. The zero-order valence-electron chi connectivity index (χ0n) is 14.2. The highest BCUT2D eigenvalue weighted by atomic mass is 35.5. The van der Waals surface area contributed by atoms with Gasteiger partial charge in [-0.2, -0.15) is 13.2 Å². The zero-order valence-corrected chi connectivity index (χ0v) is 15.7. The molecule has 9 heteroatoms. The van der Waals surface area contributed by atoms with Crippen molar-refractivity contribution in [3.05, 3.63) is 57.8 Å². The molecular weight excluding hydrogens is 404 g/mol. The van der Waals surface area contributed by atoms with Crippen molar-refractivity contribution in [2.75, 3.05) is 13.7 Å². The van der Waals surface area contributed by atoms with Gasteiger partial charge in [0.05, 0.1) is 28.2 Å². The summed E-state index contributed by atoms with van der Waals surface area (Å²) in [5.74, 6) is 0.870. The number of hydrogen-bond acceptors (Lipinski definition) is 3. The van der Waals surface area contributed by atoms with Crippen LogP contribution < -0.4 is 4.74 Å². The number of halogens is 5. The van der Waals surface area contributed by atoms with E-state index in [0.717, 1.165) is 12.1 Å². The monoisotopic (exact) mass is 418 g/mol. The molecule has 0 amide bonds. The van der Waals surface area contributed by atoms with Crippen LogP contribution in [0, 0.1) is 0 Å². The first kappa shape index (κ1) is 19.8. The molecule has 0 unspecified atom stereocenters. The van der Waals surface area contributed by atoms with Crippen molar-refractivity contribution in [2.24, 2.45) is 0 Å². The Kier molecular flexibility index (Phi) is 5.83. The topological polar surface area (TPSA) is 36.3 Å². The molecule has 0 aliphatic heterocycles. The molecule has 2 aromatic carbocycles. The summed E-state index contributed by atoms with van der Waals surface area (Å²) in [5, 5.41) is 0.806. The van der Waals surface area contributed by atoms with Crippen LogP contribution in [0.5, 0.6) is 5.75 Å². The number of rotatable bonds is 6. The minimum atomic E-state index is -4.43. The standard InChI is InChI=1S/C18H15Cl2F3N2O2/c1-26-7-6-25-15-4-2-11(18(21,22)23)8-14(15)24-17(25)10-27-16-5-3-12(19)9-13(16)20/h2-5,8-9H,6-7,10H2,1H3. The molecule has 27 heavy (non-hydrogen) atoms. The van der Waals surface area contributed by atoms with E-state index in [1.54, 1.807) is 29.9 Å². The molecule has 0 N–H and O–H groups in total. The number of alkyl halides is 3. The van der Waals surface area contributed by atoms with Gasteiger partial charge in [-0.3, -0.25) is 0 Å². The van der Waals surface area contributed by atoms with Crippen molar-refractivity contribution in [1.29, 1.82) is 0 Å². The van der Waals surface area contributed by atoms with Crippen molar-refractivity contribution in [3.63, 3.8) is 0 Å². The highest BCUT2D eigenvalue weighted by Crippen LogP contribution is 2.32. The Hall–Kier alpha value is -1.96. The maximum Gasteiger partial charge on any atom is 0.416 e. The van der Waals surface area contributed by atoms with Gasteiger partial charge in [0.15, 0.2) is 0 Å². The minimum Gasteiger partial charge on any atom is -0.484 e. The fourth-order valence-electron chi connectivity index (χ4n) is 2.63. The highest BCUT2D eigenvalue weighted by Gasteiger charge is 2.31. The Bertz CT molecular complexity index is 958. The molecule has 0 spiro atoms. The van der Waals surface area contributed by atoms with E-state index < -0.39 is 11.7 Å². The van der Waals surface area contributed by atoms with Gasteiger partial charge in [-0.15, -0.1) is 0 Å². The largest absolute Gasteiger partial charge is 0.484 e. The van der Waals surface area contributed by atoms with Crippen LogP contribution in [0.3, 0.4) is 0 Å². The highest BCUT2D eigenvalue weighted by molar-refractivity contribution is 6.35. The number of fused-ring (bicyclic) bond motifs is 1. The quantitative estimate of drug-likeness (QED) is 0.523. The van der Waals surface area contributed by atoms with Crippen LogP contribution >= 0.6 is 23.2 Å². The van der Waals surface area contributed by atoms with Gasteiger partial charge in [-0.1, -0.05) is 23.2 Å². The summed E-state index contributed by atoms with van der Waals surface area (Å²) in [6, 6.07) is 8.26. The molecular formula is C18H15Cl2F3N2O2. The summed E-state index contributed by atoms with van der Waals surface area (Å²) in [7, 11) is 1.55. The van der Waals surface area contributed by atoms with E-state index >= 15 is 0 Å². The summed E-state index contributed by atoms with van der Waals surface area (Å²) in [5.41, 5.74) is 0.0576. The smallest absolute Gasteiger partial charge is 0.416 e. The van der Waals surface area contributed by atoms with Gasteiger partial charge >= 0.3 is 6.18 Å². The molecule has 0 bridgehead atoms. The molecule has 0 aliphatic rings. The maximum atomic E-state index is 13.0. The van der Waals surface area contributed by atoms with Gasteiger partial charge in [0, 0.05) is 18.7 Å². The average Bonchev–Trinajstić information content (AvgIpc) is 2.95. The second-order valence-corrected chi connectivity index (χ2v) is 6.58. The molecule has 1 aromatic heterocycles. The van der Waals surface area contributed by atoms with Gasteiger partial charge < -0.3 is 14.0 Å². The fraction of sp³-hybridized carbons (Fsp3) is 0.278. The van der Waals surface area contributed by atoms with Gasteiger partial charge in [0.25, 0.3) is 0 Å². The summed E-state index contributed by atoms with van der Waals surface area (Å²) in [6.07, 6.45) is -4.43. The maximum absolute atomic E-state index is 13.0. The van der Waals surface area contributed by atoms with Crippen LogP contribution in [0.25, 0.3) is 11.0 Å². The number of methoxy groups -OCH3 is 1. The van der Waals surface area contributed by atoms with E-state index in [9.17, 15) is 13.2 Å². The predicted octanol–water partition coefficient (Wildman–Crippen LogP) is 5.59. The fourth-order valence-corrected chi connectivity index (χ4v) is 3.10. The third-order valence-electron chi connectivity index (χ3n) is 3.92. The Morgan fingerprint density at radius 1 is 1.11 bits per heavy atom. The van der Waals surface area contributed by atoms with E-state index in [1.165, 1.54) is 6.07 Å². The number of benzene rings is 2. The average molecular weight is 419 g/mol. The van der Waals surface area contributed by atoms with Crippen LogP contribution in [0.15, 0.2) is 36.4 Å². The van der Waals surface area contributed by atoms with Crippen molar-refractivity contribution in [2.45, 2.75) is 19.3 Å². The minimum absolute atomic E-state index is 0.0289. The van der Waals surface area contributed by atoms with E-state index in [-0.39, 0.29) is 12.1 Å². The van der Waals surface area contributed by atoms with Gasteiger partial charge in [0.1, 0.15) is 18.2 Å². The van der Waals surface area contributed by atoms with E-state index in [2.05, 4.69) is 4.98 Å². The molecule has 0 saturated carbocycles. The van der Waals surface area contributed by atoms with Crippen molar-refractivity contribution >= 4 is 34.2 Å². The normalized spacial score (nSPS) is 11.9. The SMILES string of the molecule is COCCn1c(COc2ccc(Cl)cc2Cl)nc2cc(C(F)(F)F)ccc21. The summed E-state index contributed by atoms with van der Waals surface area (Å²) in [4.78, 5) is 4.32. The Morgan fingerprint density at radius 2 is 1.89 bits per heavy atom. The second-order valence-electron chi connectivity index (χ2n) is 5.74. The van der Waals surface area contributed by atoms with Crippen molar-refractivity contribution in [1.82, 2.24) is 9.55 Å². The zero-order chi connectivity index (χ0) is 19.6. The molecule has 1 heterocycles. The number of aromatic nitrogens is 2. The number of imidazole rings is 1. The van der Waals surface area contributed by atoms with Crippen LogP contribution in [-0.2, 0) is 24.1 Å². The Balaban J connectivity index is 1.94. The number of nitrogens with zero attached hydrogens (tertiary/aromatic N) is 2. The lowest BCUT2D eigenvalue weighted by molar-refractivity contribution is -0.137. The van der Waals surface area contributed by atoms with Crippen LogP contribution in [0.2, 0.25) is 10.0 Å². The van der Waals surface area contributed by atoms with E-state index in [0.29, 0.717) is 40.3 Å². The predicted molar refractivity (Wildman–Crippen MR) is 97.4 cm³/mol. The van der Waals surface area contributed by atoms with Crippen LogP contribution in [0.1, 0.15) is 11.4 Å². The molecule has 4 nitrogen and oxygen atoms in total. The molecule has 0 aliphatic carbocycles. The molecule has 3 aromatic rings. The Morgan fingerprint density at radius 3 is 2.56 bits per heavy atom. The molecule has 3 rings (SSSR count). The van der Waals surface area contributed by atoms with E-state index in [1.807, 2.05) is 0 Å². The summed E-state index contributed by atoms with van der Waals surface area (Å²) >= 11 is 11.9. The lowest BCUT2D eigenvalue weighted by Crippen LogP contribution is -2.11. The third-order valence-corrected chi connectivity index (χ3v) is 4.45. The second kappa shape index (κ2) is 7.96. The van der Waals surface area contributed by atoms with Crippen molar-refractivity contribution in [3.8, 4) is 5.75 Å².